The van der Waals surface area contributed by atoms with Crippen LogP contribution in [0.1, 0.15) is 18.9 Å². The van der Waals surface area contributed by atoms with E-state index in [-0.39, 0.29) is 12.6 Å². The largest absolute Gasteiger partial charge is 0.394 e. The van der Waals surface area contributed by atoms with Crippen molar-refractivity contribution < 1.29 is 5.11 Å². The van der Waals surface area contributed by atoms with Crippen molar-refractivity contribution in [2.24, 2.45) is 0 Å². The minimum atomic E-state index is -0.100. The van der Waals surface area contributed by atoms with Crippen molar-refractivity contribution in [3.8, 4) is 6.07 Å². The van der Waals surface area contributed by atoms with Gasteiger partial charge in [0.15, 0.2) is 0 Å². The van der Waals surface area contributed by atoms with E-state index in [0.29, 0.717) is 16.3 Å². The SMILES string of the molecule is CC[C@@H](CO)Nc1c(C#N)cnc2ccc(Cl)cc12. The monoisotopic (exact) mass is 275 g/mol. The number of benzene rings is 1. The minimum absolute atomic E-state index is 0.00570. The lowest BCUT2D eigenvalue weighted by atomic mass is 10.1. The Hall–Kier alpha value is -1.83. The lowest BCUT2D eigenvalue weighted by Crippen LogP contribution is -2.23. The second-order valence-electron chi connectivity index (χ2n) is 4.25. The van der Waals surface area contributed by atoms with Crippen molar-refractivity contribution in [2.75, 3.05) is 11.9 Å². The van der Waals surface area contributed by atoms with Crippen LogP contribution in [-0.4, -0.2) is 22.7 Å². The molecule has 2 aromatic rings. The Morgan fingerprint density at radius 3 is 2.95 bits per heavy atom. The standard InChI is InChI=1S/C14H14ClN3O/c1-2-11(8-19)18-14-9(6-16)7-17-13-4-3-10(15)5-12(13)14/h3-5,7,11,19H,2,8H2,1H3,(H,17,18)/t11-/m0/s1. The molecule has 2 rings (SSSR count). The number of nitriles is 1. The van der Waals surface area contributed by atoms with E-state index in [1.165, 1.54) is 6.20 Å². The number of aliphatic hydroxyl groups excluding tert-OH is 1. The first-order chi connectivity index (χ1) is 9.19. The van der Waals surface area contributed by atoms with Gasteiger partial charge in [0.2, 0.25) is 0 Å². The van der Waals surface area contributed by atoms with Crippen molar-refractivity contribution >= 4 is 28.2 Å². The molecule has 1 aromatic heterocycles. The molecular formula is C14H14ClN3O. The molecule has 0 fully saturated rings. The van der Waals surface area contributed by atoms with E-state index in [2.05, 4.69) is 16.4 Å². The molecule has 98 valence electrons. The van der Waals surface area contributed by atoms with E-state index in [4.69, 9.17) is 11.6 Å². The summed E-state index contributed by atoms with van der Waals surface area (Å²) in [5.41, 5.74) is 1.89. The lowest BCUT2D eigenvalue weighted by Gasteiger charge is -2.18. The van der Waals surface area contributed by atoms with Gasteiger partial charge in [0, 0.05) is 22.6 Å². The molecule has 5 heteroatoms. The number of halogens is 1. The highest BCUT2D eigenvalue weighted by molar-refractivity contribution is 6.31. The summed E-state index contributed by atoms with van der Waals surface area (Å²) in [6.45, 7) is 1.97. The number of fused-ring (bicyclic) bond motifs is 1. The number of rotatable bonds is 4. The maximum Gasteiger partial charge on any atom is 0.103 e. The Morgan fingerprint density at radius 2 is 2.32 bits per heavy atom. The van der Waals surface area contributed by atoms with Gasteiger partial charge in [0.05, 0.1) is 23.4 Å². The Bertz CT molecular complexity index is 632. The fraction of sp³-hybridized carbons (Fsp3) is 0.286. The van der Waals surface area contributed by atoms with Gasteiger partial charge in [0.1, 0.15) is 6.07 Å². The molecule has 0 amide bonds. The molecule has 1 atom stereocenters. The number of anilines is 1. The zero-order chi connectivity index (χ0) is 13.8. The normalized spacial score (nSPS) is 12.1. The number of aromatic nitrogens is 1. The molecule has 0 aliphatic carbocycles. The summed E-state index contributed by atoms with van der Waals surface area (Å²) in [4.78, 5) is 4.23. The van der Waals surface area contributed by atoms with Crippen LogP contribution < -0.4 is 5.32 Å². The number of hydrogen-bond acceptors (Lipinski definition) is 4. The average molecular weight is 276 g/mol. The predicted octanol–water partition coefficient (Wildman–Crippen LogP) is 2.94. The fourth-order valence-corrected chi connectivity index (χ4v) is 2.06. The van der Waals surface area contributed by atoms with Crippen LogP contribution in [0.25, 0.3) is 10.9 Å². The van der Waals surface area contributed by atoms with Gasteiger partial charge in [-0.25, -0.2) is 0 Å². The summed E-state index contributed by atoms with van der Waals surface area (Å²) < 4.78 is 0. The van der Waals surface area contributed by atoms with Crippen LogP contribution in [0.15, 0.2) is 24.4 Å². The smallest absolute Gasteiger partial charge is 0.103 e. The zero-order valence-corrected chi connectivity index (χ0v) is 11.3. The number of nitrogens with one attached hydrogen (secondary N) is 1. The maximum atomic E-state index is 9.29. The summed E-state index contributed by atoms with van der Waals surface area (Å²) in [5, 5.41) is 23.0. The van der Waals surface area contributed by atoms with Crippen LogP contribution in [0.3, 0.4) is 0 Å². The number of hydrogen-bond donors (Lipinski definition) is 2. The van der Waals surface area contributed by atoms with E-state index in [0.717, 1.165) is 17.3 Å². The van der Waals surface area contributed by atoms with E-state index in [1.807, 2.05) is 13.0 Å². The van der Waals surface area contributed by atoms with Crippen molar-refractivity contribution in [1.29, 1.82) is 5.26 Å². The van der Waals surface area contributed by atoms with E-state index in [1.54, 1.807) is 12.1 Å². The topological polar surface area (TPSA) is 68.9 Å². The lowest BCUT2D eigenvalue weighted by molar-refractivity contribution is 0.272. The number of pyridine rings is 1. The zero-order valence-electron chi connectivity index (χ0n) is 10.5. The van der Waals surface area contributed by atoms with Crippen LogP contribution >= 0.6 is 11.6 Å². The van der Waals surface area contributed by atoms with Crippen LogP contribution in [0, 0.1) is 11.3 Å². The van der Waals surface area contributed by atoms with Crippen molar-refractivity contribution in [3.05, 3.63) is 35.0 Å². The average Bonchev–Trinajstić information content (AvgIpc) is 2.44. The molecule has 0 saturated carbocycles. The second kappa shape index (κ2) is 5.87. The Morgan fingerprint density at radius 1 is 1.53 bits per heavy atom. The van der Waals surface area contributed by atoms with Crippen molar-refractivity contribution in [2.45, 2.75) is 19.4 Å². The summed E-state index contributed by atoms with van der Waals surface area (Å²) in [5.74, 6) is 0. The Balaban J connectivity index is 2.60. The van der Waals surface area contributed by atoms with Gasteiger partial charge >= 0.3 is 0 Å². The predicted molar refractivity (Wildman–Crippen MR) is 76.3 cm³/mol. The third kappa shape index (κ3) is 2.78. The highest BCUT2D eigenvalue weighted by Gasteiger charge is 2.13. The van der Waals surface area contributed by atoms with E-state index in [9.17, 15) is 10.4 Å². The summed E-state index contributed by atoms with van der Waals surface area (Å²) >= 11 is 6.00. The molecule has 1 aromatic carbocycles. The highest BCUT2D eigenvalue weighted by Crippen LogP contribution is 2.28. The van der Waals surface area contributed by atoms with Gasteiger partial charge in [-0.3, -0.25) is 4.98 Å². The first kappa shape index (κ1) is 13.6. The van der Waals surface area contributed by atoms with Crippen LogP contribution in [0.5, 0.6) is 0 Å². The van der Waals surface area contributed by atoms with Crippen molar-refractivity contribution in [3.63, 3.8) is 0 Å². The molecule has 0 saturated heterocycles. The van der Waals surface area contributed by atoms with E-state index >= 15 is 0 Å². The summed E-state index contributed by atoms with van der Waals surface area (Å²) in [6.07, 6.45) is 2.29. The molecule has 19 heavy (non-hydrogen) atoms. The first-order valence-electron chi connectivity index (χ1n) is 6.05. The molecule has 0 aliphatic rings. The quantitative estimate of drug-likeness (QED) is 0.900. The van der Waals surface area contributed by atoms with Crippen LogP contribution in [0.4, 0.5) is 5.69 Å². The molecule has 0 unspecified atom stereocenters. The number of nitrogens with zero attached hydrogens (tertiary/aromatic N) is 2. The third-order valence-corrected chi connectivity index (χ3v) is 3.25. The van der Waals surface area contributed by atoms with Crippen LogP contribution in [-0.2, 0) is 0 Å². The van der Waals surface area contributed by atoms with E-state index < -0.39 is 0 Å². The molecule has 0 aliphatic heterocycles. The van der Waals surface area contributed by atoms with Crippen molar-refractivity contribution in [1.82, 2.24) is 4.98 Å². The molecular weight excluding hydrogens is 262 g/mol. The van der Waals surface area contributed by atoms with Gasteiger partial charge in [-0.2, -0.15) is 5.26 Å². The Labute approximate surface area is 116 Å². The fourth-order valence-electron chi connectivity index (χ4n) is 1.89. The van der Waals surface area contributed by atoms with Gasteiger partial charge in [0.25, 0.3) is 0 Å². The molecule has 2 N–H and O–H groups in total. The second-order valence-corrected chi connectivity index (χ2v) is 4.69. The highest BCUT2D eigenvalue weighted by atomic mass is 35.5. The van der Waals surface area contributed by atoms with Gasteiger partial charge in [-0.05, 0) is 24.6 Å². The van der Waals surface area contributed by atoms with Gasteiger partial charge < -0.3 is 10.4 Å². The van der Waals surface area contributed by atoms with Gasteiger partial charge in [-0.15, -0.1) is 0 Å². The molecule has 0 spiro atoms. The molecule has 1 heterocycles. The van der Waals surface area contributed by atoms with Crippen LogP contribution in [0.2, 0.25) is 5.02 Å². The Kier molecular flexibility index (Phi) is 4.20. The molecule has 0 radical (unpaired) electrons. The first-order valence-corrected chi connectivity index (χ1v) is 6.43. The summed E-state index contributed by atoms with van der Waals surface area (Å²) in [7, 11) is 0. The van der Waals surface area contributed by atoms with Gasteiger partial charge in [-0.1, -0.05) is 18.5 Å². The minimum Gasteiger partial charge on any atom is -0.394 e. The number of aliphatic hydroxyl groups is 1. The summed E-state index contributed by atoms with van der Waals surface area (Å²) in [6, 6.07) is 7.36. The third-order valence-electron chi connectivity index (χ3n) is 3.01. The molecule has 0 bridgehead atoms. The maximum absolute atomic E-state index is 9.29. The molecule has 4 nitrogen and oxygen atoms in total.